The number of aryl methyl sites for hydroxylation is 5. The maximum Gasteiger partial charge on any atom is 0.490 e. The lowest BCUT2D eigenvalue weighted by atomic mass is 9.82. The van der Waals surface area contributed by atoms with Crippen LogP contribution in [0.2, 0.25) is 0 Å². The van der Waals surface area contributed by atoms with Crippen molar-refractivity contribution in [1.29, 1.82) is 0 Å². The number of hydrogen-bond acceptors (Lipinski definition) is 21. The number of carbonyl (C=O) groups is 3. The largest absolute Gasteiger partial charge is 0.493 e. The lowest BCUT2D eigenvalue weighted by molar-refractivity contribution is 0.0691. The van der Waals surface area contributed by atoms with Crippen molar-refractivity contribution >= 4 is 159 Å². The highest BCUT2D eigenvalue weighted by molar-refractivity contribution is 14.1. The first kappa shape index (κ1) is 86.9. The molecule has 7 N–H and O–H groups in total. The van der Waals surface area contributed by atoms with Gasteiger partial charge in [0.05, 0.1) is 30.9 Å². The summed E-state index contributed by atoms with van der Waals surface area (Å²) in [5.41, 5.74) is 13.0. The fourth-order valence-electron chi connectivity index (χ4n) is 11.4. The van der Waals surface area contributed by atoms with Crippen molar-refractivity contribution in [1.82, 2.24) is 69.2 Å². The molecule has 2 aliphatic rings. The van der Waals surface area contributed by atoms with Gasteiger partial charge in [-0.2, -0.15) is 27.0 Å². The van der Waals surface area contributed by atoms with Crippen LogP contribution >= 0.6 is 111 Å². The van der Waals surface area contributed by atoms with Crippen LogP contribution in [0.25, 0.3) is 45.7 Å². The Labute approximate surface area is 680 Å². The van der Waals surface area contributed by atoms with Gasteiger partial charge in [0.2, 0.25) is 0 Å². The Hall–Kier alpha value is -8.32. The second-order valence-corrected chi connectivity index (χ2v) is 33.6. The fraction of sp³-hybridized carbons (Fsp3) is 0.278. The van der Waals surface area contributed by atoms with Crippen LogP contribution in [0.3, 0.4) is 0 Å². The van der Waals surface area contributed by atoms with E-state index in [0.29, 0.717) is 106 Å². The summed E-state index contributed by atoms with van der Waals surface area (Å²) < 4.78 is 35.3. The van der Waals surface area contributed by atoms with Gasteiger partial charge in [0.25, 0.3) is 11.8 Å². The van der Waals surface area contributed by atoms with E-state index >= 15 is 0 Å². The van der Waals surface area contributed by atoms with Crippen LogP contribution in [0, 0.1) is 41.8 Å². The molecule has 8 aromatic heterocycles. The van der Waals surface area contributed by atoms with Crippen molar-refractivity contribution in [2.45, 2.75) is 112 Å². The summed E-state index contributed by atoms with van der Waals surface area (Å²) in [6.07, 6.45) is 8.24. The number of amides is 2. The van der Waals surface area contributed by atoms with E-state index in [9.17, 15) is 24.1 Å². The second kappa shape index (κ2) is 40.9. The van der Waals surface area contributed by atoms with Gasteiger partial charge in [-0.05, 0) is 275 Å². The number of nitrogens with zero attached hydrogens (tertiary/aromatic N) is 14. The minimum atomic E-state index is -3.22. The van der Waals surface area contributed by atoms with Gasteiger partial charge in [0.15, 0.2) is 17.5 Å². The molecule has 36 heteroatoms. The Balaban J connectivity index is 0.000000204. The van der Waals surface area contributed by atoms with Gasteiger partial charge in [0, 0.05) is 60.1 Å². The normalized spacial score (nSPS) is 14.1. The predicted octanol–water partition coefficient (Wildman–Crippen LogP) is 15.3. The fourth-order valence-corrected chi connectivity index (χ4v) is 12.4. The average Bonchev–Trinajstić information content (AvgIpc) is 1.56. The number of aromatic nitrogens is 14. The monoisotopic (exact) mass is 1810 g/mol. The molecular formula is C72H80BCl3I2N17O10PS2. The first-order valence-corrected chi connectivity index (χ1v) is 40.0. The van der Waals surface area contributed by atoms with Crippen molar-refractivity contribution < 1.29 is 48.3 Å². The van der Waals surface area contributed by atoms with Gasteiger partial charge < -0.3 is 59.4 Å². The van der Waals surface area contributed by atoms with Crippen LogP contribution in [-0.4, -0.2) is 129 Å². The number of ether oxygens (including phenoxy) is 3. The Bertz CT molecular complexity index is 4930. The molecule has 3 aromatic carbocycles. The Kier molecular flexibility index (Phi) is 32.9. The van der Waals surface area contributed by atoms with Gasteiger partial charge in [0.1, 0.15) is 74.8 Å². The lowest BCUT2D eigenvalue weighted by Gasteiger charge is -2.19. The molecule has 10 heterocycles. The smallest absolute Gasteiger partial charge is 0.490 e. The molecule has 2 aliphatic heterocycles. The van der Waals surface area contributed by atoms with Crippen LogP contribution in [0.5, 0.6) is 17.2 Å². The highest BCUT2D eigenvalue weighted by Gasteiger charge is 2.25. The second-order valence-electron chi connectivity index (χ2n) is 24.5. The number of halogens is 5. The van der Waals surface area contributed by atoms with Gasteiger partial charge in [-0.25, -0.2) is 19.7 Å². The molecule has 2 amide bonds. The zero-order chi connectivity index (χ0) is 76.4. The summed E-state index contributed by atoms with van der Waals surface area (Å²) >= 11 is 18.1. The predicted molar refractivity (Wildman–Crippen MR) is 447 cm³/mol. The van der Waals surface area contributed by atoms with E-state index in [0.717, 1.165) is 85.7 Å². The zero-order valence-electron chi connectivity index (χ0n) is 59.9. The van der Waals surface area contributed by atoms with E-state index < -0.39 is 18.3 Å². The number of nitrogens with one attached hydrogen (secondary N) is 2. The van der Waals surface area contributed by atoms with Crippen molar-refractivity contribution in [2.24, 2.45) is 0 Å². The van der Waals surface area contributed by atoms with Gasteiger partial charge >= 0.3 is 18.3 Å². The number of anilines is 3. The highest BCUT2D eigenvalue weighted by Crippen LogP contribution is 2.61. The first-order chi connectivity index (χ1) is 50.6. The van der Waals surface area contributed by atoms with Gasteiger partial charge in [-0.3, -0.25) is 24.1 Å². The average molecular weight is 1810 g/mol. The summed E-state index contributed by atoms with van der Waals surface area (Å²) in [7, 11) is -1.41. The third-order valence-corrected chi connectivity index (χ3v) is 17.8. The minimum absolute atomic E-state index is 0. The summed E-state index contributed by atoms with van der Waals surface area (Å²) in [6.45, 7) is 17.4. The molecule has 13 rings (SSSR count). The maximum atomic E-state index is 13.3. The number of aromatic carboxylic acids is 1. The molecule has 108 heavy (non-hydrogen) atoms. The Morgan fingerprint density at radius 2 is 1.12 bits per heavy atom. The van der Waals surface area contributed by atoms with Crippen LogP contribution in [0.1, 0.15) is 137 Å². The molecule has 0 radical (unpaired) electrons. The summed E-state index contributed by atoms with van der Waals surface area (Å²) in [4.78, 5) is 59.5. The number of rotatable bonds is 10. The third kappa shape index (κ3) is 24.6. The molecule has 4 bridgehead atoms. The van der Waals surface area contributed by atoms with E-state index in [1.165, 1.54) is 6.20 Å². The number of nitrogen functional groups attached to an aromatic ring is 1. The molecule has 0 spiro atoms. The van der Waals surface area contributed by atoms with E-state index in [1.54, 1.807) is 42.5 Å². The Morgan fingerprint density at radius 3 is 1.64 bits per heavy atom. The SMILES string of the molecule is Cc1ccc(-c2ccc3c(c2)C(=O)Nc2cccc(n2)-c2nnc(C)n2[C@@H](C)CCCO3)cn1.Cc1ccc(B(O)O)cn1.Cc1nnc(-c2cccc(N)n2)n1[C@@H](C)CCCOc1ccc(I)cc1C(=O)O.Cc1nnc2n1[C@@H](C)CCCOc1ccc(I)cc1C(=O)Nc1cccc-2n1.O=P(Cl)(Cl)Cl.S.S. The maximum absolute atomic E-state index is 13.3. The Morgan fingerprint density at radius 1 is 0.639 bits per heavy atom. The number of benzene rings is 3. The third-order valence-electron chi connectivity index (χ3n) is 16.5. The molecule has 0 unspecified atom stereocenters. The van der Waals surface area contributed by atoms with Gasteiger partial charge in [-0.1, -0.05) is 36.4 Å². The molecule has 0 saturated carbocycles. The topological polar surface area (TPSA) is 363 Å². The van der Waals surface area contributed by atoms with Crippen molar-refractivity contribution in [3.63, 3.8) is 0 Å². The summed E-state index contributed by atoms with van der Waals surface area (Å²) in [5.74, 6) is 5.85. The number of nitrogens with two attached hydrogens (primary N) is 1. The summed E-state index contributed by atoms with van der Waals surface area (Å²) in [6, 6.07) is 40.6. The molecule has 11 aromatic rings. The van der Waals surface area contributed by atoms with Crippen LogP contribution in [-0.2, 0) is 4.57 Å². The number of carboxylic acid groups (broad SMARTS) is 1. The van der Waals surface area contributed by atoms with E-state index in [2.05, 4.69) is 175 Å². The first-order valence-electron chi connectivity index (χ1n) is 33.4. The van der Waals surface area contributed by atoms with Crippen LogP contribution in [0.4, 0.5) is 17.5 Å². The lowest BCUT2D eigenvalue weighted by Crippen LogP contribution is -2.29. The standard InChI is InChI=1S/C26H26N6O2.C20H22IN5O3.C20H20IN5O2.C6H8BNO2.Cl3OP.2H2S/c1-16-9-10-20(15-27-16)19-11-12-23-21(14-19)26(33)29-24-8-4-7-22(28-24)25-31-30-18(3)32(25)17(2)6-5-13-34-23;1-12(5-4-10-29-17-9-8-14(21)11-15(17)20(27)28)26-13(2)24-25-19(26)16-6-3-7-18(22)23-16;1-12-5-4-10-28-17-9-8-14(21)11-15(17)20(27)23-18-7-3-6-16(22-18)19-25-24-13(2)26(12)19;1-5-2-3-6(4-8-5)7(9)10;1-5(2,3)4;;/h4,7-12,14-15,17H,5-6,13H2,1-3H3,(H,28,29,33);3,6-9,11-12H,4-5,10H2,1-2H3,(H2,22,23)(H,27,28);3,6-9,11-12H,4-5,10H2,1-2H3,(H,22,23,27);2-4,9-10H,1H3;;2*1H2/t17-;2*12-;;;;/m000..../s1. The van der Waals surface area contributed by atoms with E-state index in [1.807, 2.05) is 136 Å². The van der Waals surface area contributed by atoms with Crippen LogP contribution in [0.15, 0.2) is 146 Å². The number of carbonyl (C=O) groups excluding carboxylic acids is 2. The van der Waals surface area contributed by atoms with Crippen LogP contribution < -0.4 is 36.0 Å². The van der Waals surface area contributed by atoms with Crippen molar-refractivity contribution in [3.05, 3.63) is 199 Å². The molecule has 0 fully saturated rings. The number of pyridine rings is 5. The number of hydrogen-bond donors (Lipinski definition) is 6. The highest BCUT2D eigenvalue weighted by atomic mass is 127. The van der Waals surface area contributed by atoms with Gasteiger partial charge in [-0.15, -0.1) is 30.6 Å². The quantitative estimate of drug-likeness (QED) is 0.0320. The molecule has 3 atom stereocenters. The van der Waals surface area contributed by atoms with Crippen molar-refractivity contribution in [2.75, 3.05) is 36.2 Å². The molecule has 0 aliphatic carbocycles. The number of fused-ring (bicyclic) bond motifs is 10. The van der Waals surface area contributed by atoms with E-state index in [-0.39, 0.29) is 62.5 Å². The molecule has 0 saturated heterocycles. The minimum Gasteiger partial charge on any atom is -0.493 e. The molecule has 568 valence electrons. The van der Waals surface area contributed by atoms with Crippen molar-refractivity contribution in [3.8, 4) is 62.9 Å². The molecular weight excluding hydrogens is 1730 g/mol. The van der Waals surface area contributed by atoms with E-state index in [4.69, 9.17) is 30.0 Å². The summed E-state index contributed by atoms with van der Waals surface area (Å²) in [5, 5.41) is 54.8. The zero-order valence-corrected chi connectivity index (χ0v) is 69.4. The molecule has 27 nitrogen and oxygen atoms in total. The number of carboxylic acids is 1.